The van der Waals surface area contributed by atoms with Gasteiger partial charge in [0.2, 0.25) is 20.0 Å². The van der Waals surface area contributed by atoms with Crippen LogP contribution in [-0.2, 0) is 20.0 Å². The van der Waals surface area contributed by atoms with E-state index in [1.165, 1.54) is 36.4 Å². The van der Waals surface area contributed by atoms with Crippen molar-refractivity contribution in [2.24, 2.45) is 0 Å². The van der Waals surface area contributed by atoms with Crippen molar-refractivity contribution in [2.45, 2.75) is 29.1 Å². The Kier molecular flexibility index (Phi) is 10.0. The molecule has 0 saturated heterocycles. The number of rotatable bonds is 15. The van der Waals surface area contributed by atoms with Crippen molar-refractivity contribution in [1.29, 1.82) is 0 Å². The largest absolute Gasteiger partial charge is 0.317 e. The maximum atomic E-state index is 12.3. The van der Waals surface area contributed by atoms with E-state index in [9.17, 15) is 37.1 Å². The van der Waals surface area contributed by atoms with E-state index in [2.05, 4.69) is 14.8 Å². The molecule has 0 amide bonds. The van der Waals surface area contributed by atoms with Crippen molar-refractivity contribution in [2.75, 3.05) is 26.2 Å². The summed E-state index contributed by atoms with van der Waals surface area (Å²) in [6.07, 6.45) is 1.53. The Morgan fingerprint density at radius 3 is 1.47 bits per heavy atom. The summed E-state index contributed by atoms with van der Waals surface area (Å²) < 4.78 is 53.8. The number of hydrogen-bond acceptors (Lipinski definition) is 9. The number of nitrogens with zero attached hydrogens (tertiary/aromatic N) is 2. The van der Waals surface area contributed by atoms with Gasteiger partial charge in [0.1, 0.15) is 0 Å². The summed E-state index contributed by atoms with van der Waals surface area (Å²) in [7, 11) is -8.02. The number of benzene rings is 2. The van der Waals surface area contributed by atoms with Gasteiger partial charge in [0.15, 0.2) is 9.79 Å². The molecule has 0 bridgehead atoms. The van der Waals surface area contributed by atoms with Crippen LogP contribution in [0.5, 0.6) is 0 Å². The zero-order chi connectivity index (χ0) is 25.2. The maximum Gasteiger partial charge on any atom is 0.289 e. The van der Waals surface area contributed by atoms with Gasteiger partial charge in [-0.15, -0.1) is 0 Å². The molecule has 0 saturated carbocycles. The van der Waals surface area contributed by atoms with E-state index >= 15 is 0 Å². The van der Waals surface area contributed by atoms with E-state index in [1.807, 2.05) is 0 Å². The molecule has 3 N–H and O–H groups in total. The lowest BCUT2D eigenvalue weighted by molar-refractivity contribution is -0.388. The molecular formula is C19H25N5O8S2. The highest BCUT2D eigenvalue weighted by molar-refractivity contribution is 7.90. The number of para-hydroxylation sites is 2. The molecule has 0 fully saturated rings. The number of nitrogens with one attached hydrogen (secondary N) is 3. The van der Waals surface area contributed by atoms with Crippen LogP contribution in [0.1, 0.15) is 19.3 Å². The highest BCUT2D eigenvalue weighted by Crippen LogP contribution is 2.23. The number of hydrogen-bond donors (Lipinski definition) is 3. The fourth-order valence-corrected chi connectivity index (χ4v) is 5.44. The average Bonchev–Trinajstić information content (AvgIpc) is 2.80. The van der Waals surface area contributed by atoms with Crippen LogP contribution < -0.4 is 14.8 Å². The fourth-order valence-electron chi connectivity index (χ4n) is 2.95. The molecule has 2 aromatic rings. The lowest BCUT2D eigenvalue weighted by Gasteiger charge is -2.09. The molecule has 0 aliphatic heterocycles. The molecule has 0 spiro atoms. The first-order valence-electron chi connectivity index (χ1n) is 10.2. The first-order chi connectivity index (χ1) is 16.1. The lowest BCUT2D eigenvalue weighted by atomic mass is 10.3. The van der Waals surface area contributed by atoms with Crippen LogP contribution in [0.4, 0.5) is 11.4 Å². The smallest absolute Gasteiger partial charge is 0.289 e. The van der Waals surface area contributed by atoms with E-state index in [0.717, 1.165) is 12.1 Å². The summed E-state index contributed by atoms with van der Waals surface area (Å²) in [5.74, 6) is 0. The maximum absolute atomic E-state index is 12.3. The van der Waals surface area contributed by atoms with Crippen LogP contribution in [0.15, 0.2) is 58.3 Å². The van der Waals surface area contributed by atoms with E-state index in [0.29, 0.717) is 32.4 Å². The minimum atomic E-state index is -4.01. The first kappa shape index (κ1) is 27.3. The molecule has 0 radical (unpaired) electrons. The van der Waals surface area contributed by atoms with E-state index < -0.39 is 46.2 Å². The van der Waals surface area contributed by atoms with Crippen molar-refractivity contribution in [3.63, 3.8) is 0 Å². The van der Waals surface area contributed by atoms with E-state index in [4.69, 9.17) is 0 Å². The third-order valence-corrected chi connectivity index (χ3v) is 7.61. The van der Waals surface area contributed by atoms with E-state index in [-0.39, 0.29) is 18.0 Å². The summed E-state index contributed by atoms with van der Waals surface area (Å²) in [6, 6.07) is 10.2. The normalized spacial score (nSPS) is 11.9. The zero-order valence-corrected chi connectivity index (χ0v) is 19.7. The summed E-state index contributed by atoms with van der Waals surface area (Å²) >= 11 is 0. The van der Waals surface area contributed by atoms with Crippen molar-refractivity contribution in [3.8, 4) is 0 Å². The molecule has 34 heavy (non-hydrogen) atoms. The number of nitro groups is 2. The van der Waals surface area contributed by atoms with Crippen molar-refractivity contribution in [3.05, 3.63) is 68.8 Å². The van der Waals surface area contributed by atoms with Gasteiger partial charge in [-0.05, 0) is 44.5 Å². The average molecular weight is 516 g/mol. The van der Waals surface area contributed by atoms with Gasteiger partial charge in [-0.1, -0.05) is 24.3 Å². The third-order valence-electron chi connectivity index (χ3n) is 4.60. The molecule has 0 heterocycles. The second-order valence-electron chi connectivity index (χ2n) is 7.06. The van der Waals surface area contributed by atoms with Gasteiger partial charge in [0, 0.05) is 25.2 Å². The van der Waals surface area contributed by atoms with Crippen LogP contribution in [0.25, 0.3) is 0 Å². The Labute approximate surface area is 197 Å². The van der Waals surface area contributed by atoms with Gasteiger partial charge in [-0.25, -0.2) is 26.3 Å². The Morgan fingerprint density at radius 2 is 1.00 bits per heavy atom. The highest BCUT2D eigenvalue weighted by atomic mass is 32.2. The van der Waals surface area contributed by atoms with Crippen molar-refractivity contribution < 1.29 is 26.7 Å². The summed E-state index contributed by atoms with van der Waals surface area (Å²) in [5.41, 5.74) is -0.986. The van der Waals surface area contributed by atoms with Crippen LogP contribution >= 0.6 is 0 Å². The van der Waals surface area contributed by atoms with Crippen LogP contribution in [0.2, 0.25) is 0 Å². The molecule has 15 heteroatoms. The predicted octanol–water partition coefficient (Wildman–Crippen LogP) is 1.52. The van der Waals surface area contributed by atoms with Crippen molar-refractivity contribution in [1.82, 2.24) is 14.8 Å². The van der Waals surface area contributed by atoms with Gasteiger partial charge in [0.05, 0.1) is 9.85 Å². The van der Waals surface area contributed by atoms with Gasteiger partial charge in [-0.2, -0.15) is 0 Å². The Balaban J connectivity index is 1.65. The fraction of sp³-hybridized carbons (Fsp3) is 0.368. The van der Waals surface area contributed by atoms with Gasteiger partial charge in [-0.3, -0.25) is 20.2 Å². The first-order valence-corrected chi connectivity index (χ1v) is 13.2. The minimum absolute atomic E-state index is 0.0804. The quantitative estimate of drug-likeness (QED) is 0.179. The number of sulfonamides is 2. The standard InChI is InChI=1S/C19H25N5O8S2/c25-23(26)16-8-1-3-10-18(16)33(29,30)21-14-6-5-12-20-13-7-15-22-34(31,32)19-11-4-2-9-17(19)24(27)28/h1-4,8-11,20-22H,5-7,12-15H2. The highest BCUT2D eigenvalue weighted by Gasteiger charge is 2.25. The molecule has 0 atom stereocenters. The van der Waals surface area contributed by atoms with Crippen LogP contribution in [0.3, 0.4) is 0 Å². The van der Waals surface area contributed by atoms with Crippen LogP contribution in [0, 0.1) is 20.2 Å². The van der Waals surface area contributed by atoms with E-state index in [1.54, 1.807) is 0 Å². The summed E-state index contributed by atoms with van der Waals surface area (Å²) in [6.45, 7) is 1.20. The molecule has 0 unspecified atom stereocenters. The third kappa shape index (κ3) is 7.81. The molecule has 2 rings (SSSR count). The molecule has 13 nitrogen and oxygen atoms in total. The van der Waals surface area contributed by atoms with Gasteiger partial charge in [0.25, 0.3) is 11.4 Å². The monoisotopic (exact) mass is 515 g/mol. The minimum Gasteiger partial charge on any atom is -0.317 e. The van der Waals surface area contributed by atoms with Crippen LogP contribution in [-0.4, -0.2) is 52.9 Å². The van der Waals surface area contributed by atoms with Gasteiger partial charge < -0.3 is 5.32 Å². The zero-order valence-electron chi connectivity index (χ0n) is 18.0. The molecule has 0 aromatic heterocycles. The second kappa shape index (κ2) is 12.5. The lowest BCUT2D eigenvalue weighted by Crippen LogP contribution is -2.29. The Bertz CT molecular complexity index is 1120. The Morgan fingerprint density at radius 1 is 0.618 bits per heavy atom. The SMILES string of the molecule is O=[N+]([O-])c1ccccc1S(=O)(=O)NCCCCNCCCNS(=O)(=O)c1ccccc1[N+](=O)[O-]. The molecule has 186 valence electrons. The molecular weight excluding hydrogens is 490 g/mol. The Hall–Kier alpha value is -2.98. The summed E-state index contributed by atoms with van der Waals surface area (Å²) in [4.78, 5) is 19.7. The van der Waals surface area contributed by atoms with Crippen molar-refractivity contribution >= 4 is 31.4 Å². The number of unbranched alkanes of at least 4 members (excludes halogenated alkanes) is 1. The van der Waals surface area contributed by atoms with Gasteiger partial charge >= 0.3 is 0 Å². The second-order valence-corrected chi connectivity index (χ2v) is 10.5. The topological polar surface area (TPSA) is 191 Å². The predicted molar refractivity (Wildman–Crippen MR) is 123 cm³/mol. The molecule has 2 aromatic carbocycles. The molecule has 0 aliphatic rings. The molecule has 0 aliphatic carbocycles. The number of nitro benzene ring substituents is 2. The summed E-state index contributed by atoms with van der Waals surface area (Å²) in [5, 5.41) is 25.1.